The number of aliphatic hydroxyl groups excluding tert-OH is 1. The maximum absolute atomic E-state index is 9.19. The Morgan fingerprint density at radius 2 is 2.35 bits per heavy atom. The van der Waals surface area contributed by atoms with E-state index in [9.17, 15) is 5.11 Å². The molecule has 7 heteroatoms. The van der Waals surface area contributed by atoms with E-state index in [0.717, 1.165) is 11.0 Å². The van der Waals surface area contributed by atoms with Crippen molar-refractivity contribution in [1.29, 1.82) is 0 Å². The number of nitrogens with one attached hydrogen (secondary N) is 1. The number of methoxy groups -OCH3 is 1. The lowest BCUT2D eigenvalue weighted by atomic mass is 10.3. The highest BCUT2D eigenvalue weighted by Gasteiger charge is 2.12. The van der Waals surface area contributed by atoms with E-state index in [-0.39, 0.29) is 12.6 Å². The van der Waals surface area contributed by atoms with Crippen molar-refractivity contribution in [2.45, 2.75) is 6.04 Å². The summed E-state index contributed by atoms with van der Waals surface area (Å²) in [6.45, 7) is 0.377. The van der Waals surface area contributed by atoms with Gasteiger partial charge in [0.2, 0.25) is 0 Å². The Bertz CT molecular complexity index is 498. The maximum atomic E-state index is 9.19. The van der Waals surface area contributed by atoms with Crippen LogP contribution in [0.3, 0.4) is 0 Å². The summed E-state index contributed by atoms with van der Waals surface area (Å²) in [5, 5.41) is 17.2. The van der Waals surface area contributed by atoms with E-state index < -0.39 is 0 Å². The number of aliphatic hydroxyl groups is 1. The van der Waals surface area contributed by atoms with Gasteiger partial charge in [0.1, 0.15) is 12.1 Å². The highest BCUT2D eigenvalue weighted by molar-refractivity contribution is 5.86. The topological polar surface area (TPSA) is 85.1 Å². The van der Waals surface area contributed by atoms with Gasteiger partial charge >= 0.3 is 0 Å². The third-order valence-corrected chi connectivity index (χ3v) is 2.46. The second-order valence-corrected chi connectivity index (χ2v) is 3.71. The molecule has 1 unspecified atom stereocenters. The van der Waals surface area contributed by atoms with Crippen molar-refractivity contribution in [3.8, 4) is 0 Å². The molecule has 1 atom stereocenters. The largest absolute Gasteiger partial charge is 0.394 e. The first-order valence-electron chi connectivity index (χ1n) is 5.25. The summed E-state index contributed by atoms with van der Waals surface area (Å²) in [6, 6.07) is -0.196. The Hall–Kier alpha value is -1.73. The van der Waals surface area contributed by atoms with Crippen molar-refractivity contribution in [1.82, 2.24) is 19.7 Å². The summed E-state index contributed by atoms with van der Waals surface area (Å²) in [5.41, 5.74) is 0.747. The highest BCUT2D eigenvalue weighted by atomic mass is 16.5. The van der Waals surface area contributed by atoms with Gasteiger partial charge in [0.15, 0.2) is 5.65 Å². The minimum atomic E-state index is -0.196. The second kappa shape index (κ2) is 5.07. The molecule has 0 aliphatic carbocycles. The van der Waals surface area contributed by atoms with Crippen LogP contribution in [0.2, 0.25) is 0 Å². The van der Waals surface area contributed by atoms with Gasteiger partial charge in [0.25, 0.3) is 0 Å². The molecule has 0 fully saturated rings. The van der Waals surface area contributed by atoms with Crippen molar-refractivity contribution in [2.75, 3.05) is 25.6 Å². The molecule has 17 heavy (non-hydrogen) atoms. The second-order valence-electron chi connectivity index (χ2n) is 3.71. The predicted molar refractivity (Wildman–Crippen MR) is 62.7 cm³/mol. The molecule has 92 valence electrons. The first-order chi connectivity index (χ1) is 8.26. The molecule has 0 aromatic carbocycles. The zero-order valence-corrected chi connectivity index (χ0v) is 9.79. The molecule has 2 heterocycles. The normalized spacial score (nSPS) is 12.9. The molecule has 2 N–H and O–H groups in total. The van der Waals surface area contributed by atoms with Crippen LogP contribution in [0.15, 0.2) is 12.5 Å². The van der Waals surface area contributed by atoms with Gasteiger partial charge in [-0.2, -0.15) is 5.10 Å². The number of anilines is 1. The van der Waals surface area contributed by atoms with E-state index in [1.165, 1.54) is 6.33 Å². The van der Waals surface area contributed by atoms with Crippen LogP contribution in [0.25, 0.3) is 11.0 Å². The summed E-state index contributed by atoms with van der Waals surface area (Å²) < 4.78 is 6.67. The Balaban J connectivity index is 2.29. The summed E-state index contributed by atoms with van der Waals surface area (Å²) in [5.74, 6) is 0.652. The predicted octanol–water partition coefficient (Wildman–Crippen LogP) is -0.218. The zero-order chi connectivity index (χ0) is 12.3. The minimum Gasteiger partial charge on any atom is -0.394 e. The molecule has 0 saturated heterocycles. The van der Waals surface area contributed by atoms with Crippen LogP contribution < -0.4 is 5.32 Å². The van der Waals surface area contributed by atoms with Gasteiger partial charge in [0.05, 0.1) is 30.8 Å². The van der Waals surface area contributed by atoms with Crippen LogP contribution in [0.1, 0.15) is 0 Å². The van der Waals surface area contributed by atoms with Crippen molar-refractivity contribution in [3.05, 3.63) is 12.5 Å². The molecular weight excluding hydrogens is 222 g/mol. The molecule has 0 aliphatic heterocycles. The summed E-state index contributed by atoms with van der Waals surface area (Å²) >= 11 is 0. The fourth-order valence-electron chi connectivity index (χ4n) is 1.61. The van der Waals surface area contributed by atoms with Gasteiger partial charge in [-0.25, -0.2) is 9.97 Å². The molecule has 2 rings (SSSR count). The first kappa shape index (κ1) is 11.7. The van der Waals surface area contributed by atoms with E-state index in [2.05, 4.69) is 20.4 Å². The number of hydrogen-bond acceptors (Lipinski definition) is 6. The van der Waals surface area contributed by atoms with Crippen molar-refractivity contribution >= 4 is 16.9 Å². The van der Waals surface area contributed by atoms with Crippen molar-refractivity contribution in [3.63, 3.8) is 0 Å². The molecule has 0 radical (unpaired) electrons. The Morgan fingerprint density at radius 3 is 3.06 bits per heavy atom. The van der Waals surface area contributed by atoms with Crippen LogP contribution in [0, 0.1) is 0 Å². The number of ether oxygens (including phenoxy) is 1. The van der Waals surface area contributed by atoms with Gasteiger partial charge < -0.3 is 15.2 Å². The third kappa shape index (κ3) is 2.34. The van der Waals surface area contributed by atoms with Crippen LogP contribution >= 0.6 is 0 Å². The molecular formula is C10H15N5O2. The Morgan fingerprint density at radius 1 is 1.53 bits per heavy atom. The van der Waals surface area contributed by atoms with E-state index in [4.69, 9.17) is 4.74 Å². The minimum absolute atomic E-state index is 0.0282. The molecule has 0 saturated carbocycles. The van der Waals surface area contributed by atoms with Crippen LogP contribution in [-0.2, 0) is 11.8 Å². The number of nitrogens with zero attached hydrogens (tertiary/aromatic N) is 4. The van der Waals surface area contributed by atoms with Gasteiger partial charge in [0, 0.05) is 14.2 Å². The SMILES string of the molecule is COCC(CO)Nc1ncnc2c1cnn2C. The standard InChI is InChI=1S/C10H15N5O2/c1-15-10-8(3-13-15)9(11-6-12-10)14-7(4-16)5-17-2/h3,6-7,16H,4-5H2,1-2H3,(H,11,12,14). The van der Waals surface area contributed by atoms with Gasteiger partial charge in [-0.1, -0.05) is 0 Å². The monoisotopic (exact) mass is 237 g/mol. The first-order valence-corrected chi connectivity index (χ1v) is 5.25. The van der Waals surface area contributed by atoms with Crippen LogP contribution in [0.5, 0.6) is 0 Å². The Kier molecular flexibility index (Phi) is 3.50. The molecule has 0 aliphatic rings. The van der Waals surface area contributed by atoms with Gasteiger partial charge in [-0.05, 0) is 0 Å². The summed E-state index contributed by atoms with van der Waals surface area (Å²) in [7, 11) is 3.40. The number of aryl methyl sites for hydroxylation is 1. The lowest BCUT2D eigenvalue weighted by Crippen LogP contribution is -2.29. The lowest BCUT2D eigenvalue weighted by molar-refractivity contribution is 0.153. The zero-order valence-electron chi connectivity index (χ0n) is 9.79. The number of rotatable bonds is 5. The van der Waals surface area contributed by atoms with Gasteiger partial charge in [-0.15, -0.1) is 0 Å². The molecule has 0 spiro atoms. The van der Waals surface area contributed by atoms with E-state index >= 15 is 0 Å². The molecule has 2 aromatic rings. The van der Waals surface area contributed by atoms with Crippen LogP contribution in [-0.4, -0.2) is 51.2 Å². The quantitative estimate of drug-likeness (QED) is 0.748. The fraction of sp³-hybridized carbons (Fsp3) is 0.500. The van der Waals surface area contributed by atoms with Crippen molar-refractivity contribution in [2.24, 2.45) is 7.05 Å². The average molecular weight is 237 g/mol. The summed E-state index contributed by atoms with van der Waals surface area (Å²) in [6.07, 6.45) is 3.16. The van der Waals surface area contributed by atoms with Gasteiger partial charge in [-0.3, -0.25) is 4.68 Å². The van der Waals surface area contributed by atoms with E-state index in [1.54, 1.807) is 18.0 Å². The van der Waals surface area contributed by atoms with E-state index in [1.807, 2.05) is 7.05 Å². The molecule has 0 bridgehead atoms. The third-order valence-electron chi connectivity index (χ3n) is 2.46. The Labute approximate surface area is 98.4 Å². The van der Waals surface area contributed by atoms with E-state index in [0.29, 0.717) is 12.4 Å². The smallest absolute Gasteiger partial charge is 0.163 e. The fourth-order valence-corrected chi connectivity index (χ4v) is 1.61. The number of aromatic nitrogens is 4. The van der Waals surface area contributed by atoms with Crippen molar-refractivity contribution < 1.29 is 9.84 Å². The molecule has 0 amide bonds. The maximum Gasteiger partial charge on any atom is 0.163 e. The molecule has 7 nitrogen and oxygen atoms in total. The molecule has 2 aromatic heterocycles. The number of hydrogen-bond donors (Lipinski definition) is 2. The lowest BCUT2D eigenvalue weighted by Gasteiger charge is -2.15. The van der Waals surface area contributed by atoms with Crippen LogP contribution in [0.4, 0.5) is 5.82 Å². The highest BCUT2D eigenvalue weighted by Crippen LogP contribution is 2.18. The average Bonchev–Trinajstić information content (AvgIpc) is 2.72. The summed E-state index contributed by atoms with van der Waals surface area (Å²) in [4.78, 5) is 8.28. The number of fused-ring (bicyclic) bond motifs is 1.